The maximum absolute atomic E-state index is 11.9. The zero-order valence-electron chi connectivity index (χ0n) is 6.02. The van der Waals surface area contributed by atoms with Crippen molar-refractivity contribution in [3.63, 3.8) is 0 Å². The monoisotopic (exact) mass is 147 g/mol. The van der Waals surface area contributed by atoms with Crippen LogP contribution < -0.4 is 5.73 Å². The lowest BCUT2D eigenvalue weighted by molar-refractivity contribution is -0.0344. The summed E-state index contributed by atoms with van der Waals surface area (Å²) in [5, 5.41) is 8.96. The topological polar surface area (TPSA) is 46.2 Å². The van der Waals surface area contributed by atoms with Gasteiger partial charge in [0.15, 0.2) is 0 Å². The zero-order chi connectivity index (χ0) is 7.61. The molecule has 0 heterocycles. The van der Waals surface area contributed by atoms with E-state index in [1.807, 2.05) is 0 Å². The summed E-state index contributed by atoms with van der Waals surface area (Å²) in [4.78, 5) is 0. The molecule has 0 aromatic carbocycles. The molecule has 2 nitrogen and oxygen atoms in total. The lowest BCUT2D eigenvalue weighted by atomic mass is 9.65. The van der Waals surface area contributed by atoms with Gasteiger partial charge in [0, 0.05) is 0 Å². The van der Waals surface area contributed by atoms with Crippen LogP contribution in [0.2, 0.25) is 0 Å². The first-order valence-electron chi connectivity index (χ1n) is 3.66. The Morgan fingerprint density at radius 1 is 1.60 bits per heavy atom. The van der Waals surface area contributed by atoms with Crippen LogP contribution in [-0.4, -0.2) is 24.4 Å². The fourth-order valence-corrected chi connectivity index (χ4v) is 1.61. The van der Waals surface area contributed by atoms with E-state index in [0.717, 1.165) is 0 Å². The molecule has 0 radical (unpaired) electrons. The van der Waals surface area contributed by atoms with Gasteiger partial charge in [-0.05, 0) is 31.2 Å². The van der Waals surface area contributed by atoms with Crippen LogP contribution in [0.5, 0.6) is 0 Å². The molecule has 0 aromatic rings. The zero-order valence-corrected chi connectivity index (χ0v) is 6.02. The Balaban J connectivity index is 2.32. The van der Waals surface area contributed by atoms with Gasteiger partial charge in [-0.3, -0.25) is 4.39 Å². The van der Waals surface area contributed by atoms with Crippen molar-refractivity contribution in [2.75, 3.05) is 13.2 Å². The number of rotatable bonds is 3. The predicted molar refractivity (Wildman–Crippen MR) is 37.3 cm³/mol. The maximum Gasteiger partial charge on any atom is 0.0900 e. The molecule has 60 valence electrons. The van der Waals surface area contributed by atoms with Crippen molar-refractivity contribution in [2.24, 2.45) is 11.1 Å². The number of alkyl halides is 1. The highest BCUT2D eigenvalue weighted by atomic mass is 19.1. The largest absolute Gasteiger partial charge is 0.393 e. The van der Waals surface area contributed by atoms with E-state index in [4.69, 9.17) is 10.8 Å². The molecule has 1 fully saturated rings. The molecule has 0 spiro atoms. The third kappa shape index (κ3) is 1.30. The van der Waals surface area contributed by atoms with Gasteiger partial charge >= 0.3 is 0 Å². The first-order valence-corrected chi connectivity index (χ1v) is 3.66. The Labute approximate surface area is 60.2 Å². The number of hydrogen-bond acceptors (Lipinski definition) is 2. The lowest BCUT2D eigenvalue weighted by Crippen LogP contribution is -2.46. The van der Waals surface area contributed by atoms with Crippen molar-refractivity contribution in [2.45, 2.75) is 25.4 Å². The third-order valence-corrected chi connectivity index (χ3v) is 2.40. The van der Waals surface area contributed by atoms with Gasteiger partial charge in [0.2, 0.25) is 0 Å². The summed E-state index contributed by atoms with van der Waals surface area (Å²) in [6.07, 6.45) is 1.66. The van der Waals surface area contributed by atoms with Gasteiger partial charge < -0.3 is 10.8 Å². The molecular formula is C7H14FNO. The number of hydrogen-bond donors (Lipinski definition) is 2. The molecule has 0 atom stereocenters. The van der Waals surface area contributed by atoms with Gasteiger partial charge in [0.25, 0.3) is 0 Å². The lowest BCUT2D eigenvalue weighted by Gasteiger charge is -2.44. The molecule has 0 unspecified atom stereocenters. The molecule has 1 aliphatic rings. The minimum atomic E-state index is -0.316. The number of aliphatic hydroxyl groups excluding tert-OH is 1. The highest BCUT2D eigenvalue weighted by Gasteiger charge is 2.41. The summed E-state index contributed by atoms with van der Waals surface area (Å²) in [6, 6.07) is 0. The van der Waals surface area contributed by atoms with Crippen LogP contribution in [0, 0.1) is 5.41 Å². The minimum Gasteiger partial charge on any atom is -0.393 e. The SMILES string of the molecule is NCC1(CCF)CC(O)C1. The highest BCUT2D eigenvalue weighted by molar-refractivity contribution is 4.94. The second-order valence-electron chi connectivity index (χ2n) is 3.21. The highest BCUT2D eigenvalue weighted by Crippen LogP contribution is 2.42. The molecular weight excluding hydrogens is 133 g/mol. The van der Waals surface area contributed by atoms with Gasteiger partial charge in [-0.25, -0.2) is 0 Å². The number of aliphatic hydroxyl groups is 1. The Kier molecular flexibility index (Phi) is 2.26. The fourth-order valence-electron chi connectivity index (χ4n) is 1.61. The van der Waals surface area contributed by atoms with Crippen LogP contribution >= 0.6 is 0 Å². The summed E-state index contributed by atoms with van der Waals surface area (Å²) in [6.45, 7) is 0.192. The normalized spacial score (nSPS) is 39.3. The van der Waals surface area contributed by atoms with E-state index in [1.54, 1.807) is 0 Å². The summed E-state index contributed by atoms with van der Waals surface area (Å²) >= 11 is 0. The van der Waals surface area contributed by atoms with Gasteiger partial charge in [-0.15, -0.1) is 0 Å². The van der Waals surface area contributed by atoms with Crippen molar-refractivity contribution in [1.82, 2.24) is 0 Å². The van der Waals surface area contributed by atoms with Crippen LogP contribution in [0.15, 0.2) is 0 Å². The van der Waals surface area contributed by atoms with Crippen LogP contribution in [-0.2, 0) is 0 Å². The van der Waals surface area contributed by atoms with Gasteiger partial charge in [-0.1, -0.05) is 0 Å². The standard InChI is InChI=1S/C7H14FNO/c8-2-1-7(5-9)3-6(10)4-7/h6,10H,1-5,9H2. The molecule has 3 N–H and O–H groups in total. The Hall–Kier alpha value is -0.150. The van der Waals surface area contributed by atoms with Crippen molar-refractivity contribution in [3.8, 4) is 0 Å². The second-order valence-corrected chi connectivity index (χ2v) is 3.21. The minimum absolute atomic E-state index is 0.0613. The summed E-state index contributed by atoms with van der Waals surface area (Å²) in [5.74, 6) is 0. The fraction of sp³-hybridized carbons (Fsp3) is 1.00. The number of nitrogens with two attached hydrogens (primary N) is 1. The average Bonchev–Trinajstić information content (AvgIpc) is 1.84. The van der Waals surface area contributed by atoms with Crippen LogP contribution in [0.4, 0.5) is 4.39 Å². The summed E-state index contributed by atoms with van der Waals surface area (Å²) in [5.41, 5.74) is 5.38. The van der Waals surface area contributed by atoms with E-state index < -0.39 is 0 Å². The molecule has 0 amide bonds. The number of halogens is 1. The average molecular weight is 147 g/mol. The van der Waals surface area contributed by atoms with Crippen molar-refractivity contribution < 1.29 is 9.50 Å². The van der Waals surface area contributed by atoms with Gasteiger partial charge in [0.1, 0.15) is 0 Å². The van der Waals surface area contributed by atoms with E-state index in [2.05, 4.69) is 0 Å². The molecule has 1 aliphatic carbocycles. The third-order valence-electron chi connectivity index (χ3n) is 2.40. The van der Waals surface area contributed by atoms with E-state index in [-0.39, 0.29) is 18.2 Å². The van der Waals surface area contributed by atoms with Gasteiger partial charge in [-0.2, -0.15) is 0 Å². The molecule has 10 heavy (non-hydrogen) atoms. The Bertz CT molecular complexity index is 107. The Morgan fingerprint density at radius 2 is 2.20 bits per heavy atom. The Morgan fingerprint density at radius 3 is 2.50 bits per heavy atom. The molecule has 3 heteroatoms. The van der Waals surface area contributed by atoms with E-state index >= 15 is 0 Å². The van der Waals surface area contributed by atoms with Gasteiger partial charge in [0.05, 0.1) is 12.8 Å². The first kappa shape index (κ1) is 7.95. The molecule has 0 aliphatic heterocycles. The van der Waals surface area contributed by atoms with E-state index in [0.29, 0.717) is 25.8 Å². The summed E-state index contributed by atoms with van der Waals surface area (Å²) < 4.78 is 11.9. The quantitative estimate of drug-likeness (QED) is 0.608. The predicted octanol–water partition coefficient (Wildman–Crippen LogP) is 0.446. The summed E-state index contributed by atoms with van der Waals surface area (Å²) in [7, 11) is 0. The molecule has 0 saturated heterocycles. The van der Waals surface area contributed by atoms with E-state index in [9.17, 15) is 4.39 Å². The van der Waals surface area contributed by atoms with Crippen molar-refractivity contribution >= 4 is 0 Å². The first-order chi connectivity index (χ1) is 4.72. The molecule has 1 saturated carbocycles. The van der Waals surface area contributed by atoms with E-state index in [1.165, 1.54) is 0 Å². The molecule has 0 bridgehead atoms. The molecule has 1 rings (SSSR count). The van der Waals surface area contributed by atoms with Crippen molar-refractivity contribution in [1.29, 1.82) is 0 Å². The smallest absolute Gasteiger partial charge is 0.0900 e. The van der Waals surface area contributed by atoms with Crippen LogP contribution in [0.25, 0.3) is 0 Å². The molecule has 0 aromatic heterocycles. The maximum atomic E-state index is 11.9. The van der Waals surface area contributed by atoms with Crippen molar-refractivity contribution in [3.05, 3.63) is 0 Å². The van der Waals surface area contributed by atoms with Crippen LogP contribution in [0.3, 0.4) is 0 Å². The van der Waals surface area contributed by atoms with Crippen LogP contribution in [0.1, 0.15) is 19.3 Å². The second kappa shape index (κ2) is 2.84.